The van der Waals surface area contributed by atoms with Crippen molar-refractivity contribution in [1.82, 2.24) is 0 Å². The number of nitrogens with zero attached hydrogens (tertiary/aromatic N) is 1. The van der Waals surface area contributed by atoms with Crippen molar-refractivity contribution >= 4 is 22.0 Å². The summed E-state index contributed by atoms with van der Waals surface area (Å²) in [7, 11) is -3.88. The SMILES string of the molecule is CC(C)=Cc1cccc(NS(N)(=O)=O)c1C#N. The largest absolute Gasteiger partial charge is 0.296 e. The molecule has 1 rings (SSSR count). The van der Waals surface area contributed by atoms with Gasteiger partial charge in [0.15, 0.2) is 0 Å². The molecule has 0 bridgehead atoms. The topological polar surface area (TPSA) is 96.0 Å². The van der Waals surface area contributed by atoms with E-state index >= 15 is 0 Å². The third-order valence-electron chi connectivity index (χ3n) is 1.90. The van der Waals surface area contributed by atoms with Crippen molar-refractivity contribution in [3.05, 3.63) is 34.9 Å². The van der Waals surface area contributed by atoms with E-state index in [9.17, 15) is 8.42 Å². The van der Waals surface area contributed by atoms with E-state index < -0.39 is 10.2 Å². The number of nitrogens with one attached hydrogen (secondary N) is 1. The van der Waals surface area contributed by atoms with E-state index in [2.05, 4.69) is 4.72 Å². The normalized spacial score (nSPS) is 10.5. The molecule has 1 aromatic rings. The van der Waals surface area contributed by atoms with Crippen molar-refractivity contribution in [2.24, 2.45) is 5.14 Å². The summed E-state index contributed by atoms with van der Waals surface area (Å²) < 4.78 is 24.0. The van der Waals surface area contributed by atoms with Crippen LogP contribution in [0.2, 0.25) is 0 Å². The zero-order valence-electron chi connectivity index (χ0n) is 9.56. The van der Waals surface area contributed by atoms with Gasteiger partial charge in [-0.1, -0.05) is 23.8 Å². The Morgan fingerprint density at radius 3 is 2.59 bits per heavy atom. The lowest BCUT2D eigenvalue weighted by Crippen LogP contribution is -2.22. The van der Waals surface area contributed by atoms with Gasteiger partial charge in [0.05, 0.1) is 11.3 Å². The highest BCUT2D eigenvalue weighted by Gasteiger charge is 2.10. The monoisotopic (exact) mass is 251 g/mol. The molecular weight excluding hydrogens is 238 g/mol. The minimum absolute atomic E-state index is 0.185. The molecule has 0 aliphatic rings. The smallest absolute Gasteiger partial charge is 0.270 e. The van der Waals surface area contributed by atoms with E-state index in [1.54, 1.807) is 18.2 Å². The third-order valence-corrected chi connectivity index (χ3v) is 2.41. The summed E-state index contributed by atoms with van der Waals surface area (Å²) in [5, 5.41) is 13.9. The highest BCUT2D eigenvalue weighted by atomic mass is 32.2. The van der Waals surface area contributed by atoms with Crippen molar-refractivity contribution < 1.29 is 8.42 Å². The molecule has 1 aromatic carbocycles. The second-order valence-corrected chi connectivity index (χ2v) is 5.04. The summed E-state index contributed by atoms with van der Waals surface area (Å²) in [6.07, 6.45) is 1.80. The van der Waals surface area contributed by atoms with E-state index in [-0.39, 0.29) is 11.3 Å². The van der Waals surface area contributed by atoms with E-state index in [0.29, 0.717) is 5.56 Å². The van der Waals surface area contributed by atoms with Gasteiger partial charge >= 0.3 is 0 Å². The molecule has 0 spiro atoms. The Bertz CT molecular complexity index is 594. The maximum Gasteiger partial charge on any atom is 0.296 e. The summed E-state index contributed by atoms with van der Waals surface area (Å²) in [4.78, 5) is 0. The second kappa shape index (κ2) is 4.99. The Morgan fingerprint density at radius 2 is 2.12 bits per heavy atom. The first kappa shape index (κ1) is 13.2. The molecule has 0 aliphatic carbocycles. The van der Waals surface area contributed by atoms with Crippen molar-refractivity contribution in [2.45, 2.75) is 13.8 Å². The lowest BCUT2D eigenvalue weighted by atomic mass is 10.0. The van der Waals surface area contributed by atoms with Crippen LogP contribution >= 0.6 is 0 Å². The van der Waals surface area contributed by atoms with Crippen LogP contribution in [0.1, 0.15) is 25.0 Å². The minimum atomic E-state index is -3.88. The van der Waals surface area contributed by atoms with Crippen LogP contribution in [0.15, 0.2) is 23.8 Å². The highest BCUT2D eigenvalue weighted by molar-refractivity contribution is 7.90. The molecule has 3 N–H and O–H groups in total. The first-order chi connectivity index (χ1) is 7.83. The third kappa shape index (κ3) is 3.90. The molecule has 0 radical (unpaired) electrons. The maximum absolute atomic E-state index is 10.9. The zero-order chi connectivity index (χ0) is 13.1. The van der Waals surface area contributed by atoms with E-state index in [4.69, 9.17) is 10.4 Å². The fourth-order valence-corrected chi connectivity index (χ4v) is 1.84. The van der Waals surface area contributed by atoms with E-state index in [0.717, 1.165) is 5.57 Å². The molecule has 17 heavy (non-hydrogen) atoms. The minimum Gasteiger partial charge on any atom is -0.270 e. The molecule has 0 fully saturated rings. The summed E-state index contributed by atoms with van der Waals surface area (Å²) in [5.41, 5.74) is 2.10. The molecule has 0 unspecified atom stereocenters. The number of allylic oxidation sites excluding steroid dienone is 1. The Balaban J connectivity index is 3.35. The summed E-state index contributed by atoms with van der Waals surface area (Å²) in [5.74, 6) is 0. The van der Waals surface area contributed by atoms with E-state index in [1.165, 1.54) is 6.07 Å². The van der Waals surface area contributed by atoms with Gasteiger partial charge in [-0.3, -0.25) is 4.72 Å². The molecule has 0 atom stereocenters. The Hall–Kier alpha value is -1.84. The first-order valence-corrected chi connectivity index (χ1v) is 6.36. The fourth-order valence-electron chi connectivity index (χ4n) is 1.36. The molecular formula is C11H13N3O2S. The number of nitrogens with two attached hydrogens (primary N) is 1. The maximum atomic E-state index is 10.9. The average Bonchev–Trinajstić information content (AvgIpc) is 2.14. The number of nitriles is 1. The molecule has 5 nitrogen and oxygen atoms in total. The van der Waals surface area contributed by atoms with Crippen LogP contribution in [0.4, 0.5) is 5.69 Å². The lowest BCUT2D eigenvalue weighted by molar-refractivity contribution is 0.603. The molecule has 90 valence electrons. The molecule has 0 aromatic heterocycles. The van der Waals surface area contributed by atoms with Crippen molar-refractivity contribution in [2.75, 3.05) is 4.72 Å². The van der Waals surface area contributed by atoms with Crippen molar-refractivity contribution in [1.29, 1.82) is 5.26 Å². The van der Waals surface area contributed by atoms with Crippen LogP contribution in [-0.2, 0) is 10.2 Å². The van der Waals surface area contributed by atoms with Gasteiger partial charge in [-0.15, -0.1) is 0 Å². The average molecular weight is 251 g/mol. The van der Waals surface area contributed by atoms with Crippen LogP contribution in [0.3, 0.4) is 0 Å². The Morgan fingerprint density at radius 1 is 1.47 bits per heavy atom. The van der Waals surface area contributed by atoms with Crippen molar-refractivity contribution in [3.63, 3.8) is 0 Å². The molecule has 0 amide bonds. The second-order valence-electron chi connectivity index (χ2n) is 3.75. The van der Waals surface area contributed by atoms with Gasteiger partial charge in [-0.25, -0.2) is 5.14 Å². The number of rotatable bonds is 3. The van der Waals surface area contributed by atoms with Crippen LogP contribution in [0.5, 0.6) is 0 Å². The summed E-state index contributed by atoms with van der Waals surface area (Å²) >= 11 is 0. The standard InChI is InChI=1S/C11H13N3O2S/c1-8(2)6-9-4-3-5-11(10(9)7-12)14-17(13,15)16/h3-6,14H,1-2H3,(H2,13,15,16). The Labute approximate surface area is 101 Å². The molecule has 6 heteroatoms. The van der Waals surface area contributed by atoms with Crippen LogP contribution in [0.25, 0.3) is 6.08 Å². The number of hydrogen-bond donors (Lipinski definition) is 2. The molecule has 0 heterocycles. The van der Waals surface area contributed by atoms with Gasteiger partial charge in [0.1, 0.15) is 6.07 Å². The van der Waals surface area contributed by atoms with E-state index in [1.807, 2.05) is 19.9 Å². The van der Waals surface area contributed by atoms with Crippen LogP contribution in [0, 0.1) is 11.3 Å². The van der Waals surface area contributed by atoms with Gasteiger partial charge in [-0.2, -0.15) is 13.7 Å². The van der Waals surface area contributed by atoms with Gasteiger partial charge in [0.25, 0.3) is 10.2 Å². The summed E-state index contributed by atoms with van der Waals surface area (Å²) in [6.45, 7) is 3.78. The number of benzene rings is 1. The van der Waals surface area contributed by atoms with Gasteiger partial charge in [-0.05, 0) is 25.5 Å². The number of anilines is 1. The predicted octanol–water partition coefficient (Wildman–Crippen LogP) is 1.60. The van der Waals surface area contributed by atoms with Gasteiger partial charge < -0.3 is 0 Å². The summed E-state index contributed by atoms with van der Waals surface area (Å²) in [6, 6.07) is 6.85. The molecule has 0 aliphatic heterocycles. The quantitative estimate of drug-likeness (QED) is 0.853. The Kier molecular flexibility index (Phi) is 3.89. The van der Waals surface area contributed by atoms with Crippen molar-refractivity contribution in [3.8, 4) is 6.07 Å². The number of hydrogen-bond acceptors (Lipinski definition) is 3. The lowest BCUT2D eigenvalue weighted by Gasteiger charge is -2.08. The van der Waals surface area contributed by atoms with Crippen LogP contribution in [-0.4, -0.2) is 8.42 Å². The fraction of sp³-hybridized carbons (Fsp3) is 0.182. The van der Waals surface area contributed by atoms with Crippen LogP contribution < -0.4 is 9.86 Å². The van der Waals surface area contributed by atoms with Gasteiger partial charge in [0, 0.05) is 0 Å². The predicted molar refractivity (Wildman–Crippen MR) is 67.2 cm³/mol. The van der Waals surface area contributed by atoms with Gasteiger partial charge in [0.2, 0.25) is 0 Å². The molecule has 0 saturated carbocycles. The zero-order valence-corrected chi connectivity index (χ0v) is 10.4. The highest BCUT2D eigenvalue weighted by Crippen LogP contribution is 2.21. The molecule has 0 saturated heterocycles. The first-order valence-electron chi connectivity index (χ1n) is 4.82.